The SMILES string of the molecule is CC=CC(=CC=C(C)C)CCN(C)C(C)=O. The fourth-order valence-electron chi connectivity index (χ4n) is 1.16. The second-order valence-electron chi connectivity index (χ2n) is 4.18. The van der Waals surface area contributed by atoms with Gasteiger partial charge in [-0.1, -0.05) is 29.9 Å². The molecule has 0 aromatic carbocycles. The van der Waals surface area contributed by atoms with Crippen LogP contribution in [0.25, 0.3) is 0 Å². The van der Waals surface area contributed by atoms with E-state index in [1.54, 1.807) is 11.8 Å². The Hall–Kier alpha value is -1.31. The van der Waals surface area contributed by atoms with Crippen LogP contribution in [0.1, 0.15) is 34.1 Å². The average molecular weight is 221 g/mol. The molecule has 2 heteroatoms. The van der Waals surface area contributed by atoms with Gasteiger partial charge in [0, 0.05) is 20.5 Å². The van der Waals surface area contributed by atoms with Crippen LogP contribution in [0.2, 0.25) is 0 Å². The zero-order valence-electron chi connectivity index (χ0n) is 11.1. The van der Waals surface area contributed by atoms with Crippen LogP contribution >= 0.6 is 0 Å². The second-order valence-corrected chi connectivity index (χ2v) is 4.18. The Morgan fingerprint density at radius 1 is 1.19 bits per heavy atom. The highest BCUT2D eigenvalue weighted by Crippen LogP contribution is 2.06. The Kier molecular flexibility index (Phi) is 7.27. The Labute approximate surface area is 99.3 Å². The fourth-order valence-corrected chi connectivity index (χ4v) is 1.16. The van der Waals surface area contributed by atoms with Gasteiger partial charge in [-0.2, -0.15) is 0 Å². The van der Waals surface area contributed by atoms with Gasteiger partial charge in [0.25, 0.3) is 0 Å². The lowest BCUT2D eigenvalue weighted by Crippen LogP contribution is -2.24. The number of carbonyl (C=O) groups is 1. The Bertz CT molecular complexity index is 307. The number of hydrogen-bond acceptors (Lipinski definition) is 1. The number of hydrogen-bond donors (Lipinski definition) is 0. The summed E-state index contributed by atoms with van der Waals surface area (Å²) in [6.45, 7) is 8.51. The summed E-state index contributed by atoms with van der Waals surface area (Å²) in [4.78, 5) is 12.8. The molecule has 0 aromatic heterocycles. The summed E-state index contributed by atoms with van der Waals surface area (Å²) in [7, 11) is 1.83. The summed E-state index contributed by atoms with van der Waals surface area (Å²) in [6, 6.07) is 0. The van der Waals surface area contributed by atoms with Crippen LogP contribution in [0.15, 0.2) is 35.5 Å². The molecule has 0 aliphatic carbocycles. The Morgan fingerprint density at radius 2 is 1.81 bits per heavy atom. The Balaban J connectivity index is 4.41. The van der Waals surface area contributed by atoms with E-state index in [0.717, 1.165) is 13.0 Å². The summed E-state index contributed by atoms with van der Waals surface area (Å²) in [5, 5.41) is 0. The zero-order valence-corrected chi connectivity index (χ0v) is 11.1. The van der Waals surface area contributed by atoms with E-state index in [-0.39, 0.29) is 5.91 Å². The van der Waals surface area contributed by atoms with E-state index in [1.807, 2.05) is 20.0 Å². The maximum Gasteiger partial charge on any atom is 0.219 e. The molecule has 2 nitrogen and oxygen atoms in total. The smallest absolute Gasteiger partial charge is 0.219 e. The molecule has 0 fully saturated rings. The Morgan fingerprint density at radius 3 is 2.25 bits per heavy atom. The third kappa shape index (κ3) is 7.04. The third-order valence-electron chi connectivity index (χ3n) is 2.28. The van der Waals surface area contributed by atoms with Crippen molar-refractivity contribution in [1.82, 2.24) is 4.90 Å². The molecular formula is C14H23NO. The monoisotopic (exact) mass is 221 g/mol. The number of rotatable bonds is 5. The molecule has 0 heterocycles. The average Bonchev–Trinajstić information content (AvgIpc) is 2.21. The van der Waals surface area contributed by atoms with Crippen LogP contribution in [-0.4, -0.2) is 24.4 Å². The van der Waals surface area contributed by atoms with Crippen LogP contribution in [0.5, 0.6) is 0 Å². The maximum atomic E-state index is 11.1. The molecule has 0 aliphatic rings. The highest BCUT2D eigenvalue weighted by atomic mass is 16.2. The molecule has 0 spiro atoms. The van der Waals surface area contributed by atoms with E-state index < -0.39 is 0 Å². The van der Waals surface area contributed by atoms with Crippen molar-refractivity contribution in [3.05, 3.63) is 35.5 Å². The molecule has 0 rings (SSSR count). The standard InChI is InChI=1S/C14H23NO/c1-6-7-14(9-8-12(2)3)10-11-15(5)13(4)16/h6-9H,10-11H2,1-5H3. The minimum Gasteiger partial charge on any atom is -0.346 e. The van der Waals surface area contributed by atoms with E-state index >= 15 is 0 Å². The van der Waals surface area contributed by atoms with E-state index in [1.165, 1.54) is 11.1 Å². The van der Waals surface area contributed by atoms with Crippen LogP contribution in [0.3, 0.4) is 0 Å². The van der Waals surface area contributed by atoms with Crippen molar-refractivity contribution in [2.75, 3.05) is 13.6 Å². The van der Waals surface area contributed by atoms with Crippen molar-refractivity contribution in [3.8, 4) is 0 Å². The van der Waals surface area contributed by atoms with Gasteiger partial charge in [0.05, 0.1) is 0 Å². The van der Waals surface area contributed by atoms with Gasteiger partial charge >= 0.3 is 0 Å². The van der Waals surface area contributed by atoms with Gasteiger partial charge in [-0.25, -0.2) is 0 Å². The van der Waals surface area contributed by atoms with Crippen LogP contribution < -0.4 is 0 Å². The molecule has 0 atom stereocenters. The van der Waals surface area contributed by atoms with Crippen LogP contribution in [0, 0.1) is 0 Å². The van der Waals surface area contributed by atoms with Crippen molar-refractivity contribution in [2.24, 2.45) is 0 Å². The lowest BCUT2D eigenvalue weighted by Gasteiger charge is -2.14. The zero-order chi connectivity index (χ0) is 12.6. The molecule has 1 amide bonds. The number of allylic oxidation sites excluding steroid dienone is 5. The summed E-state index contributed by atoms with van der Waals surface area (Å²) in [5.41, 5.74) is 2.53. The van der Waals surface area contributed by atoms with Crippen molar-refractivity contribution in [2.45, 2.75) is 34.1 Å². The van der Waals surface area contributed by atoms with Gasteiger partial charge in [-0.05, 0) is 32.8 Å². The number of nitrogens with zero attached hydrogens (tertiary/aromatic N) is 1. The topological polar surface area (TPSA) is 20.3 Å². The van der Waals surface area contributed by atoms with Crippen LogP contribution in [-0.2, 0) is 4.79 Å². The highest BCUT2D eigenvalue weighted by molar-refractivity contribution is 5.72. The normalized spacial score (nSPS) is 11.7. The first-order valence-corrected chi connectivity index (χ1v) is 5.65. The molecule has 0 aromatic rings. The van der Waals surface area contributed by atoms with E-state index in [9.17, 15) is 4.79 Å². The van der Waals surface area contributed by atoms with Crippen molar-refractivity contribution in [3.63, 3.8) is 0 Å². The van der Waals surface area contributed by atoms with Gasteiger partial charge < -0.3 is 4.90 Å². The van der Waals surface area contributed by atoms with Crippen molar-refractivity contribution < 1.29 is 4.79 Å². The first-order valence-electron chi connectivity index (χ1n) is 5.65. The van der Waals surface area contributed by atoms with Gasteiger partial charge in [0.1, 0.15) is 0 Å². The fraction of sp³-hybridized carbons (Fsp3) is 0.500. The molecule has 0 aliphatic heterocycles. The molecule has 0 N–H and O–H groups in total. The first-order chi connectivity index (χ1) is 7.47. The highest BCUT2D eigenvalue weighted by Gasteiger charge is 2.01. The van der Waals surface area contributed by atoms with E-state index in [4.69, 9.17) is 0 Å². The quantitative estimate of drug-likeness (QED) is 0.652. The molecular weight excluding hydrogens is 198 g/mol. The molecule has 0 saturated heterocycles. The minimum atomic E-state index is 0.113. The van der Waals surface area contributed by atoms with Gasteiger partial charge in [-0.3, -0.25) is 4.79 Å². The molecule has 90 valence electrons. The van der Waals surface area contributed by atoms with Crippen molar-refractivity contribution >= 4 is 5.91 Å². The predicted octanol–water partition coefficient (Wildman–Crippen LogP) is 3.32. The summed E-state index contributed by atoms with van der Waals surface area (Å²) in [5.74, 6) is 0.113. The summed E-state index contributed by atoms with van der Waals surface area (Å²) < 4.78 is 0. The lowest BCUT2D eigenvalue weighted by atomic mass is 10.1. The largest absolute Gasteiger partial charge is 0.346 e. The number of carbonyl (C=O) groups excluding carboxylic acids is 1. The third-order valence-corrected chi connectivity index (χ3v) is 2.28. The summed E-state index contributed by atoms with van der Waals surface area (Å²) in [6.07, 6.45) is 9.22. The molecule has 0 radical (unpaired) electrons. The molecule has 0 saturated carbocycles. The number of amides is 1. The van der Waals surface area contributed by atoms with Gasteiger partial charge in [0.2, 0.25) is 5.91 Å². The van der Waals surface area contributed by atoms with E-state index in [2.05, 4.69) is 32.1 Å². The lowest BCUT2D eigenvalue weighted by molar-refractivity contribution is -0.127. The second kappa shape index (κ2) is 7.91. The maximum absolute atomic E-state index is 11.1. The van der Waals surface area contributed by atoms with Crippen LogP contribution in [0.4, 0.5) is 0 Å². The van der Waals surface area contributed by atoms with Gasteiger partial charge in [-0.15, -0.1) is 0 Å². The first kappa shape index (κ1) is 14.7. The predicted molar refractivity (Wildman–Crippen MR) is 70.3 cm³/mol. The molecule has 16 heavy (non-hydrogen) atoms. The molecule has 0 bridgehead atoms. The van der Waals surface area contributed by atoms with Crippen molar-refractivity contribution in [1.29, 1.82) is 0 Å². The molecule has 0 unspecified atom stereocenters. The van der Waals surface area contributed by atoms with E-state index in [0.29, 0.717) is 0 Å². The summed E-state index contributed by atoms with van der Waals surface area (Å²) >= 11 is 0. The minimum absolute atomic E-state index is 0.113. The van der Waals surface area contributed by atoms with Gasteiger partial charge in [0.15, 0.2) is 0 Å².